The average molecular weight is 320 g/mol. The fourth-order valence-corrected chi connectivity index (χ4v) is 2.68. The molecule has 0 fully saturated rings. The van der Waals surface area contributed by atoms with Crippen LogP contribution in [0.15, 0.2) is 24.3 Å². The largest absolute Gasteiger partial charge is 0.456 e. The molecule has 23 heavy (non-hydrogen) atoms. The Hall–Kier alpha value is -1.35. The van der Waals surface area contributed by atoms with Crippen molar-refractivity contribution in [3.05, 3.63) is 35.4 Å². The first-order chi connectivity index (χ1) is 11.2. The van der Waals surface area contributed by atoms with E-state index in [9.17, 15) is 4.79 Å². The summed E-state index contributed by atoms with van der Waals surface area (Å²) in [7, 11) is 1.65. The van der Waals surface area contributed by atoms with Gasteiger partial charge in [-0.3, -0.25) is 0 Å². The van der Waals surface area contributed by atoms with Crippen molar-refractivity contribution in [3.8, 4) is 0 Å². The van der Waals surface area contributed by atoms with Crippen LogP contribution in [0.3, 0.4) is 0 Å². The molecule has 0 aliphatic heterocycles. The molecular formula is C20H32O3. The van der Waals surface area contributed by atoms with E-state index in [1.807, 2.05) is 24.3 Å². The van der Waals surface area contributed by atoms with E-state index in [-0.39, 0.29) is 12.1 Å². The maximum atomic E-state index is 12.5. The molecule has 0 aliphatic rings. The maximum absolute atomic E-state index is 12.5. The molecule has 3 heteroatoms. The lowest BCUT2D eigenvalue weighted by Gasteiger charge is -2.18. The quantitative estimate of drug-likeness (QED) is 0.393. The molecule has 0 amide bonds. The van der Waals surface area contributed by atoms with Crippen molar-refractivity contribution >= 4 is 5.97 Å². The van der Waals surface area contributed by atoms with Gasteiger partial charge in [0.25, 0.3) is 0 Å². The first kappa shape index (κ1) is 19.7. The number of hydrogen-bond donors (Lipinski definition) is 0. The van der Waals surface area contributed by atoms with Crippen molar-refractivity contribution in [2.24, 2.45) is 0 Å². The van der Waals surface area contributed by atoms with E-state index in [2.05, 4.69) is 13.8 Å². The van der Waals surface area contributed by atoms with Crippen LogP contribution in [0.4, 0.5) is 0 Å². The second-order valence-corrected chi connectivity index (χ2v) is 6.09. The van der Waals surface area contributed by atoms with E-state index in [0.29, 0.717) is 12.2 Å². The van der Waals surface area contributed by atoms with Gasteiger partial charge < -0.3 is 9.47 Å². The lowest BCUT2D eigenvalue weighted by atomic mass is 10.0. The van der Waals surface area contributed by atoms with E-state index >= 15 is 0 Å². The Morgan fingerprint density at radius 1 is 1.04 bits per heavy atom. The Bertz CT molecular complexity index is 442. The number of aryl methyl sites for hydroxylation is 1. The van der Waals surface area contributed by atoms with Crippen molar-refractivity contribution < 1.29 is 14.3 Å². The molecule has 0 N–H and O–H groups in total. The number of esters is 1. The Balaban J connectivity index is 2.63. The first-order valence-corrected chi connectivity index (χ1v) is 9.00. The predicted molar refractivity (Wildman–Crippen MR) is 94.9 cm³/mol. The highest BCUT2D eigenvalue weighted by atomic mass is 16.6. The van der Waals surface area contributed by atoms with Crippen LogP contribution in [-0.2, 0) is 15.9 Å². The van der Waals surface area contributed by atoms with Crippen LogP contribution in [-0.4, -0.2) is 25.8 Å². The van der Waals surface area contributed by atoms with E-state index in [0.717, 1.165) is 37.7 Å². The fourth-order valence-electron chi connectivity index (χ4n) is 2.68. The molecule has 0 bridgehead atoms. The molecule has 0 radical (unpaired) electrons. The standard InChI is InChI=1S/C20H32O3/c1-4-6-8-9-14-18(16-22-3)23-20(21)19-15-11-10-13-17(19)12-7-5-2/h10-11,13,15,18H,4-9,12,14,16H2,1-3H3. The third-order valence-electron chi connectivity index (χ3n) is 4.04. The lowest BCUT2D eigenvalue weighted by molar-refractivity contribution is 0.00228. The maximum Gasteiger partial charge on any atom is 0.338 e. The summed E-state index contributed by atoms with van der Waals surface area (Å²) < 4.78 is 10.9. The summed E-state index contributed by atoms with van der Waals surface area (Å²) in [5, 5.41) is 0. The molecule has 0 aliphatic carbocycles. The molecule has 1 aromatic carbocycles. The van der Waals surface area contributed by atoms with Gasteiger partial charge >= 0.3 is 5.97 Å². The topological polar surface area (TPSA) is 35.5 Å². The minimum absolute atomic E-state index is 0.149. The summed E-state index contributed by atoms with van der Waals surface area (Å²) in [5.74, 6) is -0.214. The SMILES string of the molecule is CCCCCCC(COC)OC(=O)c1ccccc1CCCC. The van der Waals surface area contributed by atoms with Gasteiger partial charge in [-0.25, -0.2) is 4.79 Å². The zero-order valence-corrected chi connectivity index (χ0v) is 15.0. The van der Waals surface area contributed by atoms with E-state index in [4.69, 9.17) is 9.47 Å². The van der Waals surface area contributed by atoms with Crippen LogP contribution in [0.1, 0.15) is 74.7 Å². The second-order valence-electron chi connectivity index (χ2n) is 6.09. The Kier molecular flexibility index (Phi) is 10.4. The molecule has 0 heterocycles. The van der Waals surface area contributed by atoms with Gasteiger partial charge in [0.15, 0.2) is 0 Å². The van der Waals surface area contributed by atoms with E-state index in [1.54, 1.807) is 7.11 Å². The number of methoxy groups -OCH3 is 1. The highest BCUT2D eigenvalue weighted by molar-refractivity contribution is 5.91. The summed E-state index contributed by atoms with van der Waals surface area (Å²) in [6.07, 6.45) is 8.55. The van der Waals surface area contributed by atoms with E-state index < -0.39 is 0 Å². The van der Waals surface area contributed by atoms with Crippen LogP contribution in [0.25, 0.3) is 0 Å². The number of unbranched alkanes of at least 4 members (excludes halogenated alkanes) is 4. The van der Waals surface area contributed by atoms with Gasteiger partial charge in [-0.2, -0.15) is 0 Å². The number of carbonyl (C=O) groups is 1. The van der Waals surface area contributed by atoms with Crippen LogP contribution >= 0.6 is 0 Å². The van der Waals surface area contributed by atoms with Crippen LogP contribution in [0.5, 0.6) is 0 Å². The number of rotatable bonds is 12. The molecule has 1 rings (SSSR count). The van der Waals surface area contributed by atoms with Crippen LogP contribution in [0, 0.1) is 0 Å². The first-order valence-electron chi connectivity index (χ1n) is 9.00. The third-order valence-corrected chi connectivity index (χ3v) is 4.04. The minimum Gasteiger partial charge on any atom is -0.456 e. The molecule has 0 aromatic heterocycles. The summed E-state index contributed by atoms with van der Waals surface area (Å²) in [6, 6.07) is 7.78. The molecule has 0 saturated carbocycles. The van der Waals surface area contributed by atoms with Gasteiger partial charge in [0.05, 0.1) is 12.2 Å². The fraction of sp³-hybridized carbons (Fsp3) is 0.650. The Morgan fingerprint density at radius 2 is 1.78 bits per heavy atom. The van der Waals surface area contributed by atoms with Crippen molar-refractivity contribution in [2.45, 2.75) is 71.3 Å². The Labute approximate surface area is 141 Å². The van der Waals surface area contributed by atoms with Gasteiger partial charge in [-0.15, -0.1) is 0 Å². The second kappa shape index (κ2) is 12.1. The molecule has 3 nitrogen and oxygen atoms in total. The van der Waals surface area contributed by atoms with Crippen molar-refractivity contribution in [1.82, 2.24) is 0 Å². The molecule has 1 atom stereocenters. The molecule has 130 valence electrons. The average Bonchev–Trinajstić information content (AvgIpc) is 2.57. The lowest BCUT2D eigenvalue weighted by Crippen LogP contribution is -2.24. The smallest absolute Gasteiger partial charge is 0.338 e. The van der Waals surface area contributed by atoms with Crippen molar-refractivity contribution in [1.29, 1.82) is 0 Å². The predicted octanol–water partition coefficient (Wildman–Crippen LogP) is 5.17. The van der Waals surface area contributed by atoms with Gasteiger partial charge in [-0.05, 0) is 37.3 Å². The zero-order valence-electron chi connectivity index (χ0n) is 15.0. The number of hydrogen-bond acceptors (Lipinski definition) is 3. The summed E-state index contributed by atoms with van der Waals surface area (Å²) in [4.78, 5) is 12.5. The molecule has 1 aromatic rings. The van der Waals surface area contributed by atoms with Gasteiger partial charge in [0, 0.05) is 7.11 Å². The molecule has 1 unspecified atom stereocenters. The summed E-state index contributed by atoms with van der Waals surface area (Å²) in [6.45, 7) is 4.82. The van der Waals surface area contributed by atoms with Crippen LogP contribution in [0.2, 0.25) is 0 Å². The minimum atomic E-state index is -0.214. The highest BCUT2D eigenvalue weighted by Gasteiger charge is 2.18. The van der Waals surface area contributed by atoms with E-state index in [1.165, 1.54) is 19.3 Å². The van der Waals surface area contributed by atoms with Gasteiger partial charge in [0.2, 0.25) is 0 Å². The van der Waals surface area contributed by atoms with Crippen molar-refractivity contribution in [3.63, 3.8) is 0 Å². The Morgan fingerprint density at radius 3 is 2.48 bits per heavy atom. The third kappa shape index (κ3) is 7.65. The van der Waals surface area contributed by atoms with Gasteiger partial charge in [-0.1, -0.05) is 57.7 Å². The van der Waals surface area contributed by atoms with Crippen molar-refractivity contribution in [2.75, 3.05) is 13.7 Å². The molecule has 0 spiro atoms. The van der Waals surface area contributed by atoms with Crippen LogP contribution < -0.4 is 0 Å². The number of ether oxygens (including phenoxy) is 2. The normalized spacial score (nSPS) is 12.1. The van der Waals surface area contributed by atoms with Gasteiger partial charge in [0.1, 0.15) is 6.10 Å². The summed E-state index contributed by atoms with van der Waals surface area (Å²) >= 11 is 0. The highest BCUT2D eigenvalue weighted by Crippen LogP contribution is 2.16. The summed E-state index contributed by atoms with van der Waals surface area (Å²) in [5.41, 5.74) is 1.79. The monoisotopic (exact) mass is 320 g/mol. The molecule has 0 saturated heterocycles. The number of carbonyl (C=O) groups excluding carboxylic acids is 1. The molecular weight excluding hydrogens is 288 g/mol. The zero-order chi connectivity index (χ0) is 16.9. The number of benzene rings is 1.